The minimum Gasteiger partial charge on any atom is -0.507 e. The van der Waals surface area contributed by atoms with Crippen molar-refractivity contribution in [1.29, 1.82) is 0 Å². The molecule has 0 radical (unpaired) electrons. The van der Waals surface area contributed by atoms with Gasteiger partial charge in [-0.2, -0.15) is 0 Å². The Bertz CT molecular complexity index is 1140. The van der Waals surface area contributed by atoms with Crippen LogP contribution in [0, 0.1) is 6.92 Å². The number of carbonyl (C=O) groups is 2. The predicted molar refractivity (Wildman–Crippen MR) is 138 cm³/mol. The summed E-state index contributed by atoms with van der Waals surface area (Å²) in [5.74, 6) is -0.755. The Labute approximate surface area is 212 Å². The van der Waals surface area contributed by atoms with Gasteiger partial charge >= 0.3 is 0 Å². The fourth-order valence-corrected chi connectivity index (χ4v) is 4.18. The number of aliphatic hydroxyl groups excluding tert-OH is 1. The molecule has 2 aromatic rings. The molecule has 1 aliphatic rings. The lowest BCUT2D eigenvalue weighted by molar-refractivity contribution is -0.140. The molecular weight excluding hydrogens is 460 g/mol. The molecule has 1 aliphatic heterocycles. The van der Waals surface area contributed by atoms with Crippen LogP contribution in [0.1, 0.15) is 49.4 Å². The van der Waals surface area contributed by atoms with Crippen LogP contribution in [-0.2, 0) is 9.59 Å². The van der Waals surface area contributed by atoms with E-state index in [1.807, 2.05) is 25.9 Å². The summed E-state index contributed by atoms with van der Waals surface area (Å²) in [7, 11) is 3.76. The highest BCUT2D eigenvalue weighted by Crippen LogP contribution is 2.42. The number of aromatic hydroxyl groups is 1. The number of hydrogen-bond acceptors (Lipinski definition) is 7. The molecule has 2 aromatic carbocycles. The van der Waals surface area contributed by atoms with E-state index >= 15 is 0 Å². The lowest BCUT2D eigenvalue weighted by Gasteiger charge is -2.27. The maximum absolute atomic E-state index is 13.2. The van der Waals surface area contributed by atoms with Crippen molar-refractivity contribution in [3.05, 3.63) is 58.7 Å². The van der Waals surface area contributed by atoms with Gasteiger partial charge in [0.05, 0.1) is 24.8 Å². The number of ketones is 1. The number of Topliss-reactive ketones (excluding diaryl/α,β-unsaturated/α-hetero) is 1. The lowest BCUT2D eigenvalue weighted by Crippen LogP contribution is -2.35. The number of rotatable bonds is 11. The first-order chi connectivity index (χ1) is 17.2. The number of aryl methyl sites for hydroxylation is 1. The van der Waals surface area contributed by atoms with Gasteiger partial charge in [-0.1, -0.05) is 19.4 Å². The Morgan fingerprint density at radius 1 is 1.06 bits per heavy atom. The third-order valence-corrected chi connectivity index (χ3v) is 6.13. The van der Waals surface area contributed by atoms with Gasteiger partial charge in [0.25, 0.3) is 11.7 Å². The largest absolute Gasteiger partial charge is 0.507 e. The zero-order valence-electron chi connectivity index (χ0n) is 21.7. The van der Waals surface area contributed by atoms with Crippen LogP contribution in [0.5, 0.6) is 17.2 Å². The fourth-order valence-electron chi connectivity index (χ4n) is 4.18. The Balaban J connectivity index is 2.10. The van der Waals surface area contributed by atoms with Gasteiger partial charge in [-0.3, -0.25) is 9.59 Å². The molecule has 1 heterocycles. The SMILES string of the molecule is CCCCOc1ccc(/C(O)=C2\C(=O)C(=O)N(CCN(C)C)[C@@H]2c2ccc(O)c(OCC)c2)cc1C. The Kier molecular flexibility index (Phi) is 8.98. The molecular formula is C28H36N2O6. The molecule has 194 valence electrons. The van der Waals surface area contributed by atoms with Crippen LogP contribution in [0.25, 0.3) is 5.76 Å². The van der Waals surface area contributed by atoms with E-state index in [2.05, 4.69) is 6.92 Å². The number of benzene rings is 2. The van der Waals surface area contributed by atoms with Gasteiger partial charge in [0.1, 0.15) is 11.5 Å². The van der Waals surface area contributed by atoms with Crippen molar-refractivity contribution in [2.45, 2.75) is 39.7 Å². The molecule has 0 unspecified atom stereocenters. The lowest BCUT2D eigenvalue weighted by atomic mass is 9.94. The van der Waals surface area contributed by atoms with E-state index in [0.717, 1.165) is 18.4 Å². The first kappa shape index (κ1) is 27.1. The standard InChI is InChI=1S/C28H36N2O6/c1-6-8-15-36-22-12-10-20(16-18(22)3)26(32)24-25(19-9-11-21(31)23(17-19)35-7-2)30(14-13-29(4)5)28(34)27(24)33/h9-12,16-17,25,31-32H,6-8,13-15H2,1-5H3/b26-24+/t25-/m1/s1. The van der Waals surface area contributed by atoms with Crippen molar-refractivity contribution in [3.63, 3.8) is 0 Å². The van der Waals surface area contributed by atoms with Gasteiger partial charge in [-0.05, 0) is 75.8 Å². The summed E-state index contributed by atoms with van der Waals surface area (Å²) >= 11 is 0. The number of likely N-dealkylation sites (N-methyl/N-ethyl adjacent to an activating group) is 1. The Morgan fingerprint density at radius 2 is 1.81 bits per heavy atom. The molecule has 0 spiro atoms. The average molecular weight is 497 g/mol. The zero-order chi connectivity index (χ0) is 26.4. The van der Waals surface area contributed by atoms with Crippen LogP contribution in [0.15, 0.2) is 42.0 Å². The van der Waals surface area contributed by atoms with E-state index in [0.29, 0.717) is 36.6 Å². The molecule has 0 saturated carbocycles. The Morgan fingerprint density at radius 3 is 2.44 bits per heavy atom. The average Bonchev–Trinajstić information content (AvgIpc) is 3.09. The zero-order valence-corrected chi connectivity index (χ0v) is 21.7. The first-order valence-corrected chi connectivity index (χ1v) is 12.3. The molecule has 3 rings (SSSR count). The molecule has 1 amide bonds. The number of nitrogens with zero attached hydrogens (tertiary/aromatic N) is 2. The second-order valence-corrected chi connectivity index (χ2v) is 9.14. The smallest absolute Gasteiger partial charge is 0.295 e. The summed E-state index contributed by atoms with van der Waals surface area (Å²) in [6, 6.07) is 9.11. The summed E-state index contributed by atoms with van der Waals surface area (Å²) in [4.78, 5) is 29.7. The molecule has 0 aromatic heterocycles. The van der Waals surface area contributed by atoms with Gasteiger partial charge in [-0.25, -0.2) is 0 Å². The number of likely N-dealkylation sites (tertiary alicyclic amines) is 1. The van der Waals surface area contributed by atoms with Gasteiger partial charge in [-0.15, -0.1) is 0 Å². The number of ether oxygens (including phenoxy) is 2. The maximum atomic E-state index is 13.2. The van der Waals surface area contributed by atoms with Crippen LogP contribution in [0.4, 0.5) is 0 Å². The normalized spacial score (nSPS) is 17.2. The second kappa shape index (κ2) is 11.9. The van der Waals surface area contributed by atoms with Crippen LogP contribution in [0.2, 0.25) is 0 Å². The van der Waals surface area contributed by atoms with Crippen molar-refractivity contribution < 1.29 is 29.3 Å². The highest BCUT2D eigenvalue weighted by molar-refractivity contribution is 6.46. The molecule has 2 N–H and O–H groups in total. The molecule has 0 bridgehead atoms. The molecule has 8 heteroatoms. The molecule has 8 nitrogen and oxygen atoms in total. The van der Waals surface area contributed by atoms with Crippen LogP contribution in [0.3, 0.4) is 0 Å². The number of phenols is 1. The van der Waals surface area contributed by atoms with Crippen molar-refractivity contribution in [1.82, 2.24) is 9.80 Å². The van der Waals surface area contributed by atoms with Crippen molar-refractivity contribution in [2.75, 3.05) is 40.4 Å². The Hall–Kier alpha value is -3.52. The second-order valence-electron chi connectivity index (χ2n) is 9.14. The van der Waals surface area contributed by atoms with Crippen molar-refractivity contribution in [2.24, 2.45) is 0 Å². The van der Waals surface area contributed by atoms with Gasteiger partial charge in [0.2, 0.25) is 0 Å². The van der Waals surface area contributed by atoms with Gasteiger partial charge in [0, 0.05) is 18.7 Å². The van der Waals surface area contributed by atoms with Crippen molar-refractivity contribution >= 4 is 17.4 Å². The number of carbonyl (C=O) groups excluding carboxylic acids is 2. The monoisotopic (exact) mass is 496 g/mol. The van der Waals surface area contributed by atoms with E-state index < -0.39 is 17.7 Å². The fraction of sp³-hybridized carbons (Fsp3) is 0.429. The first-order valence-electron chi connectivity index (χ1n) is 12.3. The van der Waals surface area contributed by atoms with E-state index in [4.69, 9.17) is 9.47 Å². The maximum Gasteiger partial charge on any atom is 0.295 e. The number of aliphatic hydroxyl groups is 1. The van der Waals surface area contributed by atoms with Gasteiger partial charge in [0.15, 0.2) is 11.5 Å². The van der Waals surface area contributed by atoms with Crippen molar-refractivity contribution in [3.8, 4) is 17.2 Å². The van der Waals surface area contributed by atoms with Crippen LogP contribution >= 0.6 is 0 Å². The summed E-state index contributed by atoms with van der Waals surface area (Å²) in [5.41, 5.74) is 1.81. The third-order valence-electron chi connectivity index (χ3n) is 6.13. The summed E-state index contributed by atoms with van der Waals surface area (Å²) in [5, 5.41) is 21.5. The quantitative estimate of drug-likeness (QED) is 0.208. The molecule has 1 saturated heterocycles. The molecule has 36 heavy (non-hydrogen) atoms. The highest BCUT2D eigenvalue weighted by atomic mass is 16.5. The summed E-state index contributed by atoms with van der Waals surface area (Å²) < 4.78 is 11.4. The number of unbranched alkanes of at least 4 members (excludes halogenated alkanes) is 1. The number of phenolic OH excluding ortho intramolecular Hbond substituents is 1. The third kappa shape index (κ3) is 5.82. The summed E-state index contributed by atoms with van der Waals surface area (Å²) in [6.45, 7) is 7.52. The van der Waals surface area contributed by atoms with Crippen LogP contribution < -0.4 is 9.47 Å². The number of hydrogen-bond donors (Lipinski definition) is 2. The van der Waals surface area contributed by atoms with E-state index in [1.54, 1.807) is 37.3 Å². The topological polar surface area (TPSA) is 99.5 Å². The number of amides is 1. The molecule has 1 fully saturated rings. The summed E-state index contributed by atoms with van der Waals surface area (Å²) in [6.07, 6.45) is 1.96. The van der Waals surface area contributed by atoms with Gasteiger partial charge < -0.3 is 29.5 Å². The highest BCUT2D eigenvalue weighted by Gasteiger charge is 2.46. The van der Waals surface area contributed by atoms with E-state index in [1.165, 1.54) is 11.0 Å². The molecule has 1 atom stereocenters. The van der Waals surface area contributed by atoms with Crippen LogP contribution in [-0.4, -0.2) is 72.1 Å². The minimum absolute atomic E-state index is 0.00551. The molecule has 0 aliphatic carbocycles. The minimum atomic E-state index is -0.828. The predicted octanol–water partition coefficient (Wildman–Crippen LogP) is 4.26. The van der Waals surface area contributed by atoms with E-state index in [9.17, 15) is 19.8 Å². The van der Waals surface area contributed by atoms with E-state index in [-0.39, 0.29) is 29.4 Å².